The molecule has 0 aromatic carbocycles. The molecule has 3 fully saturated rings. The van der Waals surface area contributed by atoms with Gasteiger partial charge in [0.2, 0.25) is 5.91 Å². The smallest absolute Gasteiger partial charge is 0.234 e. The van der Waals surface area contributed by atoms with Gasteiger partial charge in [0.1, 0.15) is 0 Å². The van der Waals surface area contributed by atoms with Crippen LogP contribution in [0.25, 0.3) is 0 Å². The largest absolute Gasteiger partial charge is 0.352 e. The Morgan fingerprint density at radius 1 is 1.14 bits per heavy atom. The van der Waals surface area contributed by atoms with Crippen molar-refractivity contribution in [3.63, 3.8) is 0 Å². The minimum atomic E-state index is 0.230. The van der Waals surface area contributed by atoms with E-state index in [0.29, 0.717) is 36.6 Å². The number of carbonyl (C=O) groups is 1. The van der Waals surface area contributed by atoms with E-state index in [2.05, 4.69) is 24.1 Å². The van der Waals surface area contributed by atoms with E-state index in [1.807, 2.05) is 0 Å². The van der Waals surface area contributed by atoms with Crippen molar-refractivity contribution in [2.45, 2.75) is 83.0 Å². The number of amides is 1. The van der Waals surface area contributed by atoms with Crippen molar-refractivity contribution >= 4 is 5.91 Å². The van der Waals surface area contributed by atoms with E-state index in [9.17, 15) is 4.79 Å². The molecule has 0 spiro atoms. The summed E-state index contributed by atoms with van der Waals surface area (Å²) in [5, 5.41) is 3.31. The second-order valence-corrected chi connectivity index (χ2v) is 7.73. The first kappa shape index (κ1) is 15.3. The fourth-order valence-corrected chi connectivity index (χ4v) is 4.78. The van der Waals surface area contributed by atoms with Gasteiger partial charge < -0.3 is 11.1 Å². The van der Waals surface area contributed by atoms with Crippen LogP contribution in [0.15, 0.2) is 0 Å². The average molecular weight is 293 g/mol. The van der Waals surface area contributed by atoms with Gasteiger partial charge in [-0.1, -0.05) is 26.7 Å². The minimum absolute atomic E-state index is 0.230. The molecule has 1 amide bonds. The number of nitrogens with one attached hydrogen (secondary N) is 1. The number of hydrogen-bond donors (Lipinski definition) is 2. The van der Waals surface area contributed by atoms with E-state index >= 15 is 0 Å². The van der Waals surface area contributed by atoms with Crippen molar-refractivity contribution in [1.82, 2.24) is 10.2 Å². The highest BCUT2D eigenvalue weighted by Crippen LogP contribution is 2.35. The Labute approximate surface area is 128 Å². The maximum atomic E-state index is 12.4. The van der Waals surface area contributed by atoms with Crippen molar-refractivity contribution in [2.75, 3.05) is 6.54 Å². The van der Waals surface area contributed by atoms with Crippen LogP contribution < -0.4 is 11.1 Å². The maximum Gasteiger partial charge on any atom is 0.234 e. The summed E-state index contributed by atoms with van der Waals surface area (Å²) < 4.78 is 0. The van der Waals surface area contributed by atoms with E-state index < -0.39 is 0 Å². The lowest BCUT2D eigenvalue weighted by Gasteiger charge is -2.38. The monoisotopic (exact) mass is 293 g/mol. The van der Waals surface area contributed by atoms with Crippen molar-refractivity contribution in [3.8, 4) is 0 Å². The number of nitrogens with two attached hydrogens (primary N) is 1. The molecule has 4 nitrogen and oxygen atoms in total. The van der Waals surface area contributed by atoms with Crippen molar-refractivity contribution < 1.29 is 4.79 Å². The fourth-order valence-electron chi connectivity index (χ4n) is 4.78. The molecule has 1 saturated carbocycles. The first-order valence-corrected chi connectivity index (χ1v) is 8.85. The molecule has 5 atom stereocenters. The molecule has 0 aromatic heterocycles. The van der Waals surface area contributed by atoms with E-state index in [-0.39, 0.29) is 5.91 Å². The van der Waals surface area contributed by atoms with Crippen LogP contribution in [-0.2, 0) is 4.79 Å². The number of fused-ring (bicyclic) bond motifs is 2. The Morgan fingerprint density at radius 3 is 2.48 bits per heavy atom. The summed E-state index contributed by atoms with van der Waals surface area (Å²) in [4.78, 5) is 14.9. The molecule has 0 aromatic rings. The lowest BCUT2D eigenvalue weighted by atomic mass is 9.78. The van der Waals surface area contributed by atoms with Crippen LogP contribution >= 0.6 is 0 Å². The third-order valence-corrected chi connectivity index (χ3v) is 6.30. The quantitative estimate of drug-likeness (QED) is 0.835. The van der Waals surface area contributed by atoms with Gasteiger partial charge in [0.25, 0.3) is 0 Å². The zero-order valence-corrected chi connectivity index (χ0v) is 13.6. The molecule has 4 heteroatoms. The normalized spacial score (nSPS) is 43.8. The lowest BCUT2D eigenvalue weighted by Crippen LogP contribution is -2.53. The van der Waals surface area contributed by atoms with Gasteiger partial charge in [-0.2, -0.15) is 0 Å². The molecule has 2 aliphatic heterocycles. The van der Waals surface area contributed by atoms with Gasteiger partial charge in [-0.15, -0.1) is 0 Å². The Morgan fingerprint density at radius 2 is 1.81 bits per heavy atom. The van der Waals surface area contributed by atoms with E-state index in [1.165, 1.54) is 25.7 Å². The number of piperidine rings is 1. The summed E-state index contributed by atoms with van der Waals surface area (Å²) in [5.41, 5.74) is 6.10. The first-order chi connectivity index (χ1) is 10.0. The minimum Gasteiger partial charge on any atom is -0.352 e. The van der Waals surface area contributed by atoms with Crippen LogP contribution in [-0.4, -0.2) is 41.5 Å². The molecule has 1 aliphatic carbocycles. The molecule has 2 saturated heterocycles. The van der Waals surface area contributed by atoms with Gasteiger partial charge in [-0.05, 0) is 43.9 Å². The van der Waals surface area contributed by atoms with Crippen molar-refractivity contribution in [1.29, 1.82) is 0 Å². The SMILES string of the molecule is CC1CCCC(NC(=O)CN2C3CCC2CC(N)C3)C1C. The summed E-state index contributed by atoms with van der Waals surface area (Å²) in [6.07, 6.45) is 8.29. The molecule has 3 aliphatic rings. The molecule has 21 heavy (non-hydrogen) atoms. The van der Waals surface area contributed by atoms with Crippen molar-refractivity contribution in [3.05, 3.63) is 0 Å². The second kappa shape index (κ2) is 6.25. The van der Waals surface area contributed by atoms with E-state index in [0.717, 1.165) is 25.2 Å². The van der Waals surface area contributed by atoms with Crippen molar-refractivity contribution in [2.24, 2.45) is 17.6 Å². The number of hydrogen-bond acceptors (Lipinski definition) is 3. The molecular formula is C17H31N3O. The zero-order chi connectivity index (χ0) is 15.0. The van der Waals surface area contributed by atoms with Gasteiger partial charge in [0, 0.05) is 24.2 Å². The van der Waals surface area contributed by atoms with Crippen LogP contribution in [0.2, 0.25) is 0 Å². The van der Waals surface area contributed by atoms with E-state index in [1.54, 1.807) is 0 Å². The van der Waals surface area contributed by atoms with Gasteiger partial charge in [-0.3, -0.25) is 9.69 Å². The van der Waals surface area contributed by atoms with Crippen LogP contribution in [0.4, 0.5) is 0 Å². The standard InChI is InChI=1S/C17H31N3O/c1-11-4-3-5-16(12(11)2)19-17(21)10-20-14-6-7-15(20)9-13(18)8-14/h11-16H,3-10,18H2,1-2H3,(H,19,21). The summed E-state index contributed by atoms with van der Waals surface area (Å²) in [6.45, 7) is 5.19. The molecule has 2 heterocycles. The summed E-state index contributed by atoms with van der Waals surface area (Å²) in [6, 6.07) is 1.83. The predicted molar refractivity (Wildman–Crippen MR) is 84.8 cm³/mol. The second-order valence-electron chi connectivity index (χ2n) is 7.73. The van der Waals surface area contributed by atoms with E-state index in [4.69, 9.17) is 5.73 Å². The Hall–Kier alpha value is -0.610. The lowest BCUT2D eigenvalue weighted by molar-refractivity contribution is -0.124. The maximum absolute atomic E-state index is 12.4. The highest BCUT2D eigenvalue weighted by Gasteiger charge is 2.40. The van der Waals surface area contributed by atoms with Gasteiger partial charge in [-0.25, -0.2) is 0 Å². The molecule has 120 valence electrons. The third-order valence-electron chi connectivity index (χ3n) is 6.30. The number of nitrogens with zero attached hydrogens (tertiary/aromatic N) is 1. The van der Waals surface area contributed by atoms with Crippen LogP contribution in [0.5, 0.6) is 0 Å². The van der Waals surface area contributed by atoms with Crippen LogP contribution in [0.1, 0.15) is 58.8 Å². The molecule has 0 radical (unpaired) electrons. The molecular weight excluding hydrogens is 262 g/mol. The third kappa shape index (κ3) is 3.26. The fraction of sp³-hybridized carbons (Fsp3) is 0.941. The van der Waals surface area contributed by atoms with Gasteiger partial charge in [0.05, 0.1) is 6.54 Å². The number of rotatable bonds is 3. The highest BCUT2D eigenvalue weighted by molar-refractivity contribution is 5.78. The van der Waals surface area contributed by atoms with Gasteiger partial charge >= 0.3 is 0 Å². The Kier molecular flexibility index (Phi) is 4.55. The van der Waals surface area contributed by atoms with Crippen LogP contribution in [0, 0.1) is 11.8 Å². The topological polar surface area (TPSA) is 58.4 Å². The Balaban J connectivity index is 1.53. The van der Waals surface area contributed by atoms with Gasteiger partial charge in [0.15, 0.2) is 0 Å². The molecule has 3 rings (SSSR count). The summed E-state index contributed by atoms with van der Waals surface area (Å²) in [5.74, 6) is 1.57. The highest BCUT2D eigenvalue weighted by atomic mass is 16.2. The first-order valence-electron chi connectivity index (χ1n) is 8.85. The predicted octanol–water partition coefficient (Wildman–Crippen LogP) is 1.88. The molecule has 5 unspecified atom stereocenters. The summed E-state index contributed by atoms with van der Waals surface area (Å²) in [7, 11) is 0. The Bertz CT molecular complexity index is 372. The number of carbonyl (C=O) groups excluding carboxylic acids is 1. The van der Waals surface area contributed by atoms with Crippen LogP contribution in [0.3, 0.4) is 0 Å². The summed E-state index contributed by atoms with van der Waals surface area (Å²) >= 11 is 0. The molecule has 3 N–H and O–H groups in total. The molecule has 2 bridgehead atoms. The zero-order valence-electron chi connectivity index (χ0n) is 13.6. The average Bonchev–Trinajstić information content (AvgIpc) is 2.68.